The number of hydrogen-bond donors (Lipinski definition) is 1. The summed E-state index contributed by atoms with van der Waals surface area (Å²) in [6.45, 7) is 0.0530. The number of nitrogens with zero attached hydrogens (tertiary/aromatic N) is 1. The number of aromatic nitrogens is 1. The van der Waals surface area contributed by atoms with E-state index in [0.29, 0.717) is 5.39 Å². The minimum Gasteiger partial charge on any atom is -0.392 e. The van der Waals surface area contributed by atoms with Crippen LogP contribution in [-0.4, -0.2) is 10.1 Å². The summed E-state index contributed by atoms with van der Waals surface area (Å²) in [4.78, 5) is 5.41. The highest BCUT2D eigenvalue weighted by Crippen LogP contribution is 2.27. The predicted octanol–water partition coefficient (Wildman–Crippen LogP) is 4.16. The first-order chi connectivity index (χ1) is 10.3. The molecule has 0 saturated carbocycles. The van der Waals surface area contributed by atoms with Crippen molar-refractivity contribution in [3.8, 4) is 0 Å². The average Bonchev–Trinajstić information content (AvgIpc) is 2.55. The Balaban J connectivity index is 1.83. The maximum Gasteiger partial charge on any atom is 0.132 e. The minimum atomic E-state index is -0.237. The van der Waals surface area contributed by atoms with Crippen LogP contribution in [0.4, 0.5) is 4.39 Å². The van der Waals surface area contributed by atoms with Crippen LogP contribution in [0.5, 0.6) is 0 Å². The molecular weight excluding hydrogens is 285 g/mol. The van der Waals surface area contributed by atoms with Gasteiger partial charge in [0.1, 0.15) is 5.82 Å². The standard InChI is InChI=1S/C17H14FNOS/c18-16-8-5-13(17-15(16)2-1-9-19-17)11-21-14-6-3-12(10-20)4-7-14/h1-9,20H,10-11H2. The lowest BCUT2D eigenvalue weighted by Gasteiger charge is -2.07. The van der Waals surface area contributed by atoms with E-state index in [2.05, 4.69) is 4.98 Å². The van der Waals surface area contributed by atoms with Crippen molar-refractivity contribution in [3.63, 3.8) is 0 Å². The third-order valence-corrected chi connectivity index (χ3v) is 4.36. The second kappa shape index (κ2) is 6.24. The highest BCUT2D eigenvalue weighted by Gasteiger charge is 2.07. The van der Waals surface area contributed by atoms with Crippen LogP contribution in [0.25, 0.3) is 10.9 Å². The SMILES string of the molecule is OCc1ccc(SCc2ccc(F)c3cccnc23)cc1. The van der Waals surface area contributed by atoms with E-state index in [1.807, 2.05) is 24.3 Å². The summed E-state index contributed by atoms with van der Waals surface area (Å²) >= 11 is 1.67. The van der Waals surface area contributed by atoms with E-state index < -0.39 is 0 Å². The van der Waals surface area contributed by atoms with Crippen molar-refractivity contribution in [1.29, 1.82) is 0 Å². The zero-order valence-corrected chi connectivity index (χ0v) is 12.1. The lowest BCUT2D eigenvalue weighted by molar-refractivity contribution is 0.282. The Labute approximate surface area is 126 Å². The summed E-state index contributed by atoms with van der Waals surface area (Å²) in [5.74, 6) is 0.492. The number of fused-ring (bicyclic) bond motifs is 1. The number of aliphatic hydroxyl groups excluding tert-OH is 1. The molecule has 0 atom stereocenters. The Morgan fingerprint density at radius 1 is 1.05 bits per heavy atom. The van der Waals surface area contributed by atoms with Gasteiger partial charge < -0.3 is 5.11 Å². The number of benzene rings is 2. The van der Waals surface area contributed by atoms with Gasteiger partial charge in [-0.2, -0.15) is 0 Å². The van der Waals surface area contributed by atoms with Gasteiger partial charge in [0.05, 0.1) is 12.1 Å². The lowest BCUT2D eigenvalue weighted by Crippen LogP contribution is -1.90. The highest BCUT2D eigenvalue weighted by atomic mass is 32.2. The molecule has 3 aromatic rings. The maximum absolute atomic E-state index is 13.7. The molecule has 0 aliphatic rings. The van der Waals surface area contributed by atoms with Gasteiger partial charge in [0.25, 0.3) is 0 Å². The Hall–Kier alpha value is -1.91. The van der Waals surface area contributed by atoms with E-state index in [0.717, 1.165) is 27.3 Å². The fourth-order valence-electron chi connectivity index (χ4n) is 2.17. The van der Waals surface area contributed by atoms with Gasteiger partial charge in [0.2, 0.25) is 0 Å². The monoisotopic (exact) mass is 299 g/mol. The summed E-state index contributed by atoms with van der Waals surface area (Å²) in [5, 5.41) is 9.59. The molecule has 0 saturated heterocycles. The molecule has 4 heteroatoms. The Kier molecular flexibility index (Phi) is 4.18. The zero-order valence-electron chi connectivity index (χ0n) is 11.3. The molecular formula is C17H14FNOS. The zero-order chi connectivity index (χ0) is 14.7. The van der Waals surface area contributed by atoms with Crippen LogP contribution in [0.3, 0.4) is 0 Å². The molecule has 0 aliphatic heterocycles. The van der Waals surface area contributed by atoms with Crippen molar-refractivity contribution < 1.29 is 9.50 Å². The van der Waals surface area contributed by atoms with Crippen LogP contribution >= 0.6 is 11.8 Å². The molecule has 0 aliphatic carbocycles. The summed E-state index contributed by atoms with van der Waals surface area (Å²) < 4.78 is 13.7. The van der Waals surface area contributed by atoms with Gasteiger partial charge in [-0.15, -0.1) is 11.8 Å². The topological polar surface area (TPSA) is 33.1 Å². The number of thioether (sulfide) groups is 1. The van der Waals surface area contributed by atoms with E-state index in [1.165, 1.54) is 6.07 Å². The van der Waals surface area contributed by atoms with Crippen molar-refractivity contribution in [2.45, 2.75) is 17.3 Å². The molecule has 1 heterocycles. The van der Waals surface area contributed by atoms with E-state index in [4.69, 9.17) is 5.11 Å². The fourth-order valence-corrected chi connectivity index (χ4v) is 3.05. The first-order valence-corrected chi connectivity index (χ1v) is 7.61. The second-order valence-electron chi connectivity index (χ2n) is 4.70. The smallest absolute Gasteiger partial charge is 0.132 e. The van der Waals surface area contributed by atoms with Crippen LogP contribution in [-0.2, 0) is 12.4 Å². The summed E-state index contributed by atoms with van der Waals surface area (Å²) in [6.07, 6.45) is 1.69. The van der Waals surface area contributed by atoms with E-state index in [9.17, 15) is 4.39 Å². The third kappa shape index (κ3) is 3.06. The van der Waals surface area contributed by atoms with Gasteiger partial charge in [-0.25, -0.2) is 4.39 Å². The summed E-state index contributed by atoms with van der Waals surface area (Å²) in [6, 6.07) is 14.6. The largest absolute Gasteiger partial charge is 0.392 e. The van der Waals surface area contributed by atoms with Crippen molar-refractivity contribution in [2.24, 2.45) is 0 Å². The quantitative estimate of drug-likeness (QED) is 0.734. The van der Waals surface area contributed by atoms with Gasteiger partial charge in [0, 0.05) is 22.2 Å². The number of hydrogen-bond acceptors (Lipinski definition) is 3. The molecule has 0 spiro atoms. The molecule has 0 amide bonds. The molecule has 0 radical (unpaired) electrons. The summed E-state index contributed by atoms with van der Waals surface area (Å²) in [5.41, 5.74) is 2.63. The Morgan fingerprint density at radius 3 is 2.62 bits per heavy atom. The van der Waals surface area contributed by atoms with Gasteiger partial charge in [0.15, 0.2) is 0 Å². The first-order valence-electron chi connectivity index (χ1n) is 6.62. The van der Waals surface area contributed by atoms with E-state index in [1.54, 1.807) is 36.2 Å². The van der Waals surface area contributed by atoms with Gasteiger partial charge in [-0.3, -0.25) is 4.98 Å². The Morgan fingerprint density at radius 2 is 1.86 bits per heavy atom. The highest BCUT2D eigenvalue weighted by molar-refractivity contribution is 7.98. The molecule has 2 nitrogen and oxygen atoms in total. The van der Waals surface area contributed by atoms with Crippen molar-refractivity contribution >= 4 is 22.7 Å². The molecule has 0 fully saturated rings. The number of rotatable bonds is 4. The number of halogens is 1. The van der Waals surface area contributed by atoms with E-state index >= 15 is 0 Å². The molecule has 106 valence electrons. The number of pyridine rings is 1. The molecule has 2 aromatic carbocycles. The Bertz CT molecular complexity index is 758. The molecule has 1 N–H and O–H groups in total. The van der Waals surface area contributed by atoms with Crippen LogP contribution in [0.2, 0.25) is 0 Å². The minimum absolute atomic E-state index is 0.0530. The third-order valence-electron chi connectivity index (χ3n) is 3.30. The molecule has 1 aromatic heterocycles. The molecule has 3 rings (SSSR count). The molecule has 21 heavy (non-hydrogen) atoms. The fraction of sp³-hybridized carbons (Fsp3) is 0.118. The van der Waals surface area contributed by atoms with Crippen molar-refractivity contribution in [2.75, 3.05) is 0 Å². The normalized spacial score (nSPS) is 11.0. The summed E-state index contributed by atoms with van der Waals surface area (Å²) in [7, 11) is 0. The van der Waals surface area contributed by atoms with Crippen LogP contribution < -0.4 is 0 Å². The van der Waals surface area contributed by atoms with Gasteiger partial charge >= 0.3 is 0 Å². The predicted molar refractivity (Wildman–Crippen MR) is 83.6 cm³/mol. The van der Waals surface area contributed by atoms with Crippen LogP contribution in [0, 0.1) is 5.82 Å². The van der Waals surface area contributed by atoms with Crippen LogP contribution in [0.15, 0.2) is 59.6 Å². The van der Waals surface area contributed by atoms with Gasteiger partial charge in [-0.05, 0) is 41.5 Å². The lowest BCUT2D eigenvalue weighted by atomic mass is 10.1. The molecule has 0 unspecified atom stereocenters. The van der Waals surface area contributed by atoms with Gasteiger partial charge in [-0.1, -0.05) is 18.2 Å². The second-order valence-corrected chi connectivity index (χ2v) is 5.75. The van der Waals surface area contributed by atoms with Crippen molar-refractivity contribution in [3.05, 3.63) is 71.7 Å². The van der Waals surface area contributed by atoms with E-state index in [-0.39, 0.29) is 12.4 Å². The number of aliphatic hydroxyl groups is 1. The first kappa shape index (κ1) is 14.0. The average molecular weight is 299 g/mol. The molecule has 0 bridgehead atoms. The maximum atomic E-state index is 13.7. The van der Waals surface area contributed by atoms with Crippen LogP contribution in [0.1, 0.15) is 11.1 Å². The van der Waals surface area contributed by atoms with Crippen molar-refractivity contribution in [1.82, 2.24) is 4.98 Å².